The maximum atomic E-state index is 12.3. The summed E-state index contributed by atoms with van der Waals surface area (Å²) in [6.07, 6.45) is 6.80. The van der Waals surface area contributed by atoms with Crippen LogP contribution in [0.4, 0.5) is 0 Å². The van der Waals surface area contributed by atoms with Gasteiger partial charge in [0.1, 0.15) is 0 Å². The van der Waals surface area contributed by atoms with Crippen molar-refractivity contribution in [3.05, 3.63) is 35.4 Å². The van der Waals surface area contributed by atoms with Gasteiger partial charge in [0.15, 0.2) is 0 Å². The van der Waals surface area contributed by atoms with Gasteiger partial charge in [-0.15, -0.1) is 11.6 Å². The first-order valence-electron chi connectivity index (χ1n) is 8.24. The van der Waals surface area contributed by atoms with Crippen molar-refractivity contribution in [3.8, 4) is 0 Å². The highest BCUT2D eigenvalue weighted by atomic mass is 35.5. The molecule has 1 aromatic carbocycles. The average Bonchev–Trinajstić information content (AvgIpc) is 3.25. The standard InChI is InChI=1S/C18H24ClNO/c19-11-5-1-2-6-12-20-18(21)17-15-10-9-13-7-3-4-8-14(13)16(15)17/h3-4,7-8,15-17H,1-2,5-6,9-12H2,(H,20,21). The van der Waals surface area contributed by atoms with Crippen LogP contribution in [0.25, 0.3) is 0 Å². The third-order valence-corrected chi connectivity index (χ3v) is 5.26. The SMILES string of the molecule is O=C(NCCCCCCCl)C1C2CCc3ccccc3C21. The summed E-state index contributed by atoms with van der Waals surface area (Å²) < 4.78 is 0. The Bertz CT molecular complexity index is 502. The van der Waals surface area contributed by atoms with E-state index >= 15 is 0 Å². The Labute approximate surface area is 132 Å². The number of benzene rings is 1. The highest BCUT2D eigenvalue weighted by Crippen LogP contribution is 2.59. The van der Waals surface area contributed by atoms with Gasteiger partial charge in [0.2, 0.25) is 5.91 Å². The second-order valence-electron chi connectivity index (χ2n) is 6.35. The van der Waals surface area contributed by atoms with E-state index in [0.717, 1.165) is 38.1 Å². The lowest BCUT2D eigenvalue weighted by Crippen LogP contribution is -2.26. The summed E-state index contributed by atoms with van der Waals surface area (Å²) in [5, 5.41) is 3.14. The van der Waals surface area contributed by atoms with Gasteiger partial charge in [0, 0.05) is 18.3 Å². The van der Waals surface area contributed by atoms with Crippen LogP contribution in [0.2, 0.25) is 0 Å². The molecule has 3 heteroatoms. The summed E-state index contributed by atoms with van der Waals surface area (Å²) >= 11 is 5.66. The van der Waals surface area contributed by atoms with E-state index < -0.39 is 0 Å². The second kappa shape index (κ2) is 6.83. The molecule has 1 fully saturated rings. The van der Waals surface area contributed by atoms with Crippen LogP contribution in [-0.4, -0.2) is 18.3 Å². The van der Waals surface area contributed by atoms with Crippen LogP contribution in [0, 0.1) is 11.8 Å². The molecule has 0 spiro atoms. The molecular weight excluding hydrogens is 282 g/mol. The quantitative estimate of drug-likeness (QED) is 0.601. The smallest absolute Gasteiger partial charge is 0.224 e. The number of rotatable bonds is 7. The fourth-order valence-electron chi connectivity index (χ4n) is 3.83. The third-order valence-electron chi connectivity index (χ3n) is 4.99. The summed E-state index contributed by atoms with van der Waals surface area (Å²) in [6, 6.07) is 8.64. The number of aryl methyl sites for hydroxylation is 1. The summed E-state index contributed by atoms with van der Waals surface area (Å²) in [5.41, 5.74) is 2.88. The van der Waals surface area contributed by atoms with E-state index in [2.05, 4.69) is 29.6 Å². The minimum absolute atomic E-state index is 0.233. The van der Waals surface area contributed by atoms with Gasteiger partial charge < -0.3 is 5.32 Å². The molecule has 1 N–H and O–H groups in total. The number of fused-ring (bicyclic) bond motifs is 3. The Morgan fingerprint density at radius 3 is 2.86 bits per heavy atom. The Morgan fingerprint density at radius 1 is 1.19 bits per heavy atom. The van der Waals surface area contributed by atoms with Crippen molar-refractivity contribution in [2.75, 3.05) is 12.4 Å². The second-order valence-corrected chi connectivity index (χ2v) is 6.73. The van der Waals surface area contributed by atoms with Gasteiger partial charge in [-0.2, -0.15) is 0 Å². The van der Waals surface area contributed by atoms with E-state index in [1.165, 1.54) is 24.0 Å². The average molecular weight is 306 g/mol. The van der Waals surface area contributed by atoms with Crippen LogP contribution >= 0.6 is 11.6 Å². The van der Waals surface area contributed by atoms with E-state index in [1.807, 2.05) is 0 Å². The van der Waals surface area contributed by atoms with E-state index in [4.69, 9.17) is 11.6 Å². The number of carbonyl (C=O) groups excluding carboxylic acids is 1. The lowest BCUT2D eigenvalue weighted by Gasteiger charge is -2.13. The van der Waals surface area contributed by atoms with Gasteiger partial charge in [-0.3, -0.25) is 4.79 Å². The van der Waals surface area contributed by atoms with E-state index in [9.17, 15) is 4.79 Å². The summed E-state index contributed by atoms with van der Waals surface area (Å²) in [4.78, 5) is 12.3. The first-order valence-corrected chi connectivity index (χ1v) is 8.78. The van der Waals surface area contributed by atoms with Gasteiger partial charge >= 0.3 is 0 Å². The van der Waals surface area contributed by atoms with Crippen molar-refractivity contribution >= 4 is 17.5 Å². The Kier molecular flexibility index (Phi) is 4.84. The first-order chi connectivity index (χ1) is 10.3. The minimum atomic E-state index is 0.233. The maximum absolute atomic E-state index is 12.3. The van der Waals surface area contributed by atoms with E-state index in [1.54, 1.807) is 0 Å². The minimum Gasteiger partial charge on any atom is -0.356 e. The van der Waals surface area contributed by atoms with Crippen molar-refractivity contribution in [2.24, 2.45) is 11.8 Å². The molecular formula is C18H24ClNO. The van der Waals surface area contributed by atoms with Crippen LogP contribution in [-0.2, 0) is 11.2 Å². The Hall–Kier alpha value is -1.02. The molecule has 0 aromatic heterocycles. The number of halogens is 1. The third kappa shape index (κ3) is 3.26. The largest absolute Gasteiger partial charge is 0.356 e. The molecule has 0 bridgehead atoms. The lowest BCUT2D eigenvalue weighted by molar-refractivity contribution is -0.122. The van der Waals surface area contributed by atoms with Crippen molar-refractivity contribution in [2.45, 2.75) is 44.4 Å². The van der Waals surface area contributed by atoms with Gasteiger partial charge in [-0.1, -0.05) is 37.1 Å². The Balaban J connectivity index is 1.46. The molecule has 1 amide bonds. The molecule has 2 aliphatic carbocycles. The van der Waals surface area contributed by atoms with Crippen LogP contribution in [0.3, 0.4) is 0 Å². The molecule has 3 atom stereocenters. The number of nitrogens with one attached hydrogen (secondary N) is 1. The van der Waals surface area contributed by atoms with Gasteiger partial charge in [0.05, 0.1) is 0 Å². The van der Waals surface area contributed by atoms with Crippen molar-refractivity contribution in [1.82, 2.24) is 5.32 Å². The Morgan fingerprint density at radius 2 is 2.00 bits per heavy atom. The van der Waals surface area contributed by atoms with Crippen LogP contribution in [0.1, 0.15) is 49.1 Å². The molecule has 3 unspecified atom stereocenters. The number of amides is 1. The van der Waals surface area contributed by atoms with Gasteiger partial charge in [-0.05, 0) is 48.6 Å². The number of unbranched alkanes of at least 4 members (excludes halogenated alkanes) is 3. The van der Waals surface area contributed by atoms with E-state index in [-0.39, 0.29) is 11.8 Å². The molecule has 2 aliphatic rings. The molecule has 0 saturated heterocycles. The lowest BCUT2D eigenvalue weighted by atomic mass is 9.92. The van der Waals surface area contributed by atoms with Crippen LogP contribution < -0.4 is 5.32 Å². The topological polar surface area (TPSA) is 29.1 Å². The molecule has 2 nitrogen and oxygen atoms in total. The zero-order valence-electron chi connectivity index (χ0n) is 12.5. The molecule has 21 heavy (non-hydrogen) atoms. The van der Waals surface area contributed by atoms with Crippen molar-refractivity contribution in [1.29, 1.82) is 0 Å². The molecule has 114 valence electrons. The number of hydrogen-bond acceptors (Lipinski definition) is 1. The molecule has 0 aliphatic heterocycles. The molecule has 0 heterocycles. The fourth-order valence-corrected chi connectivity index (χ4v) is 4.02. The van der Waals surface area contributed by atoms with Gasteiger partial charge in [-0.25, -0.2) is 0 Å². The molecule has 1 aromatic rings. The van der Waals surface area contributed by atoms with Gasteiger partial charge in [0.25, 0.3) is 0 Å². The fraction of sp³-hybridized carbons (Fsp3) is 0.611. The molecule has 0 radical (unpaired) electrons. The predicted octanol–water partition coefficient (Wildman–Crippen LogP) is 3.88. The highest BCUT2D eigenvalue weighted by Gasteiger charge is 2.56. The zero-order valence-corrected chi connectivity index (χ0v) is 13.2. The van der Waals surface area contributed by atoms with Crippen LogP contribution in [0.15, 0.2) is 24.3 Å². The predicted molar refractivity (Wildman–Crippen MR) is 86.7 cm³/mol. The highest BCUT2D eigenvalue weighted by molar-refractivity contribution is 6.17. The molecule has 3 rings (SSSR count). The summed E-state index contributed by atoms with van der Waals surface area (Å²) in [7, 11) is 0. The molecule has 1 saturated carbocycles. The number of alkyl halides is 1. The summed E-state index contributed by atoms with van der Waals surface area (Å²) in [6.45, 7) is 0.818. The zero-order chi connectivity index (χ0) is 14.7. The number of hydrogen-bond donors (Lipinski definition) is 1. The summed E-state index contributed by atoms with van der Waals surface area (Å²) in [5.74, 6) is 2.34. The van der Waals surface area contributed by atoms with Crippen LogP contribution in [0.5, 0.6) is 0 Å². The first kappa shape index (κ1) is 14.9. The van der Waals surface area contributed by atoms with Crippen molar-refractivity contribution in [3.63, 3.8) is 0 Å². The normalized spacial score (nSPS) is 25.9. The maximum Gasteiger partial charge on any atom is 0.224 e. The van der Waals surface area contributed by atoms with Crippen molar-refractivity contribution < 1.29 is 4.79 Å². The van der Waals surface area contributed by atoms with E-state index in [0.29, 0.717) is 11.8 Å². The number of carbonyl (C=O) groups is 1. The monoisotopic (exact) mass is 305 g/mol.